The van der Waals surface area contributed by atoms with Crippen molar-refractivity contribution in [2.24, 2.45) is 10.9 Å². The summed E-state index contributed by atoms with van der Waals surface area (Å²) in [6.45, 7) is 5.27. The van der Waals surface area contributed by atoms with Crippen LogP contribution in [0.3, 0.4) is 0 Å². The van der Waals surface area contributed by atoms with Gasteiger partial charge in [-0.2, -0.15) is 0 Å². The monoisotopic (exact) mass is 265 g/mol. The third-order valence-corrected chi connectivity index (χ3v) is 2.21. The van der Waals surface area contributed by atoms with Crippen LogP contribution in [0.4, 0.5) is 4.79 Å². The van der Waals surface area contributed by atoms with Crippen LogP contribution in [0.2, 0.25) is 0 Å². The van der Waals surface area contributed by atoms with Gasteiger partial charge in [0.15, 0.2) is 5.84 Å². The zero-order valence-electron chi connectivity index (χ0n) is 11.3. The van der Waals surface area contributed by atoms with E-state index in [4.69, 9.17) is 15.7 Å². The molecule has 0 bridgehead atoms. The molecule has 1 unspecified atom stereocenters. The highest BCUT2D eigenvalue weighted by Crippen LogP contribution is 2.14. The number of carbonyl (C=O) groups excluding carboxylic acids is 1. The summed E-state index contributed by atoms with van der Waals surface area (Å²) in [6, 6.07) is 8.22. The van der Waals surface area contributed by atoms with E-state index in [0.29, 0.717) is 5.56 Å². The fourth-order valence-corrected chi connectivity index (χ4v) is 1.46. The Kier molecular flexibility index (Phi) is 4.74. The summed E-state index contributed by atoms with van der Waals surface area (Å²) < 4.78 is 5.14. The van der Waals surface area contributed by atoms with Crippen LogP contribution in [0.5, 0.6) is 0 Å². The molecule has 0 saturated carbocycles. The number of hydrogen-bond acceptors (Lipinski definition) is 4. The zero-order valence-corrected chi connectivity index (χ0v) is 11.3. The van der Waals surface area contributed by atoms with Crippen molar-refractivity contribution in [1.82, 2.24) is 5.32 Å². The van der Waals surface area contributed by atoms with E-state index in [2.05, 4.69) is 10.5 Å². The van der Waals surface area contributed by atoms with E-state index >= 15 is 0 Å². The van der Waals surface area contributed by atoms with Gasteiger partial charge in [0.2, 0.25) is 0 Å². The highest BCUT2D eigenvalue weighted by molar-refractivity contribution is 5.89. The molecule has 0 aliphatic heterocycles. The summed E-state index contributed by atoms with van der Waals surface area (Å²) in [5, 5.41) is 14.3. The lowest BCUT2D eigenvalue weighted by atomic mass is 10.1. The molecule has 4 N–H and O–H groups in total. The first-order valence-electron chi connectivity index (χ1n) is 5.85. The van der Waals surface area contributed by atoms with Crippen LogP contribution in [-0.2, 0) is 4.74 Å². The van der Waals surface area contributed by atoms with Crippen molar-refractivity contribution in [3.05, 3.63) is 35.9 Å². The van der Waals surface area contributed by atoms with Crippen LogP contribution in [-0.4, -0.2) is 22.7 Å². The van der Waals surface area contributed by atoms with Gasteiger partial charge in [-0.15, -0.1) is 0 Å². The number of rotatable bonds is 3. The molecule has 0 radical (unpaired) electrons. The summed E-state index contributed by atoms with van der Waals surface area (Å²) in [6.07, 6.45) is -0.632. The van der Waals surface area contributed by atoms with Crippen molar-refractivity contribution in [2.45, 2.75) is 32.4 Å². The van der Waals surface area contributed by atoms with E-state index in [9.17, 15) is 4.79 Å². The first-order valence-corrected chi connectivity index (χ1v) is 5.85. The number of nitrogens with one attached hydrogen (secondary N) is 1. The second kappa shape index (κ2) is 6.08. The van der Waals surface area contributed by atoms with Gasteiger partial charge in [-0.25, -0.2) is 4.79 Å². The fourth-order valence-electron chi connectivity index (χ4n) is 1.46. The molecule has 0 saturated heterocycles. The minimum Gasteiger partial charge on any atom is -0.444 e. The summed E-state index contributed by atoms with van der Waals surface area (Å²) in [5.74, 6) is -0.114. The second-order valence-electron chi connectivity index (χ2n) is 5.01. The van der Waals surface area contributed by atoms with Crippen molar-refractivity contribution in [3.63, 3.8) is 0 Å². The highest BCUT2D eigenvalue weighted by atomic mass is 16.6. The van der Waals surface area contributed by atoms with Crippen LogP contribution in [0, 0.1) is 0 Å². The number of amides is 1. The largest absolute Gasteiger partial charge is 0.444 e. The van der Waals surface area contributed by atoms with E-state index in [1.807, 2.05) is 6.07 Å². The predicted octanol–water partition coefficient (Wildman–Crippen LogP) is 2.00. The van der Waals surface area contributed by atoms with Crippen molar-refractivity contribution in [1.29, 1.82) is 0 Å². The molecule has 1 rings (SSSR count). The molecule has 1 aromatic rings. The van der Waals surface area contributed by atoms with Gasteiger partial charge in [-0.1, -0.05) is 35.5 Å². The average Bonchev–Trinajstić information content (AvgIpc) is 2.34. The zero-order chi connectivity index (χ0) is 14.5. The maximum Gasteiger partial charge on any atom is 0.408 e. The third-order valence-electron chi connectivity index (χ3n) is 2.21. The van der Waals surface area contributed by atoms with Crippen LogP contribution in [0.15, 0.2) is 35.5 Å². The molecule has 19 heavy (non-hydrogen) atoms. The van der Waals surface area contributed by atoms with E-state index in [-0.39, 0.29) is 5.84 Å². The number of amidine groups is 1. The second-order valence-corrected chi connectivity index (χ2v) is 5.01. The SMILES string of the molecule is CC(C)(C)OC(=O)NC(/C(N)=N/O)c1ccccc1. The Morgan fingerprint density at radius 2 is 1.95 bits per heavy atom. The normalized spacial score (nSPS) is 13.7. The van der Waals surface area contributed by atoms with E-state index < -0.39 is 17.7 Å². The standard InChI is InChI=1S/C13H19N3O3/c1-13(2,3)19-12(17)15-10(11(14)16-18)9-7-5-4-6-8-9/h4-8,10,18H,1-3H3,(H2,14,16)(H,15,17). The topological polar surface area (TPSA) is 96.9 Å². The lowest BCUT2D eigenvalue weighted by Crippen LogP contribution is -2.40. The molecule has 6 heteroatoms. The number of oxime groups is 1. The average molecular weight is 265 g/mol. The Balaban J connectivity index is 2.86. The Labute approximate surface area is 112 Å². The molecular weight excluding hydrogens is 246 g/mol. The molecule has 0 aromatic heterocycles. The quantitative estimate of drug-likeness (QED) is 0.337. The minimum absolute atomic E-state index is 0.114. The predicted molar refractivity (Wildman–Crippen MR) is 72.0 cm³/mol. The van der Waals surface area contributed by atoms with E-state index in [0.717, 1.165) is 0 Å². The van der Waals surface area contributed by atoms with Crippen molar-refractivity contribution in [3.8, 4) is 0 Å². The van der Waals surface area contributed by atoms with E-state index in [1.54, 1.807) is 45.0 Å². The lowest BCUT2D eigenvalue weighted by Gasteiger charge is -2.23. The van der Waals surface area contributed by atoms with Crippen LogP contribution in [0.1, 0.15) is 32.4 Å². The number of ether oxygens (including phenoxy) is 1. The Morgan fingerprint density at radius 1 is 1.37 bits per heavy atom. The smallest absolute Gasteiger partial charge is 0.408 e. The van der Waals surface area contributed by atoms with Crippen LogP contribution in [0.25, 0.3) is 0 Å². The molecule has 104 valence electrons. The van der Waals surface area contributed by atoms with Crippen molar-refractivity contribution >= 4 is 11.9 Å². The van der Waals surface area contributed by atoms with E-state index in [1.165, 1.54) is 0 Å². The Morgan fingerprint density at radius 3 is 2.42 bits per heavy atom. The molecule has 0 heterocycles. The first-order chi connectivity index (χ1) is 8.83. The summed E-state index contributed by atoms with van der Waals surface area (Å²) in [4.78, 5) is 11.7. The third kappa shape index (κ3) is 4.87. The Bertz CT molecular complexity index is 452. The molecule has 0 spiro atoms. The molecule has 6 nitrogen and oxygen atoms in total. The van der Waals surface area contributed by atoms with Gasteiger partial charge < -0.3 is 21.0 Å². The van der Waals surface area contributed by atoms with Gasteiger partial charge >= 0.3 is 6.09 Å². The van der Waals surface area contributed by atoms with Crippen molar-refractivity contribution < 1.29 is 14.7 Å². The number of nitrogens with two attached hydrogens (primary N) is 1. The van der Waals surface area contributed by atoms with Crippen molar-refractivity contribution in [2.75, 3.05) is 0 Å². The number of alkyl carbamates (subject to hydrolysis) is 1. The highest BCUT2D eigenvalue weighted by Gasteiger charge is 2.23. The maximum absolute atomic E-state index is 11.7. The first kappa shape index (κ1) is 14.8. The summed E-state index contributed by atoms with van der Waals surface area (Å²) >= 11 is 0. The van der Waals surface area contributed by atoms with Gasteiger partial charge in [-0.05, 0) is 26.3 Å². The number of carbonyl (C=O) groups is 1. The van der Waals surface area contributed by atoms with Crippen LogP contribution >= 0.6 is 0 Å². The number of benzene rings is 1. The van der Waals surface area contributed by atoms with Gasteiger partial charge in [-0.3, -0.25) is 0 Å². The number of hydrogen-bond donors (Lipinski definition) is 3. The number of nitrogens with zero attached hydrogens (tertiary/aromatic N) is 1. The summed E-state index contributed by atoms with van der Waals surface area (Å²) in [7, 11) is 0. The molecule has 1 aromatic carbocycles. The molecule has 0 aliphatic carbocycles. The molecule has 0 aliphatic rings. The molecule has 1 amide bonds. The van der Waals surface area contributed by atoms with Crippen LogP contribution < -0.4 is 11.1 Å². The lowest BCUT2D eigenvalue weighted by molar-refractivity contribution is 0.0517. The summed E-state index contributed by atoms with van der Waals surface area (Å²) in [5.41, 5.74) is 5.67. The maximum atomic E-state index is 11.7. The molecule has 0 fully saturated rings. The van der Waals surface area contributed by atoms with Gasteiger partial charge in [0.1, 0.15) is 11.6 Å². The van der Waals surface area contributed by atoms with Gasteiger partial charge in [0.25, 0.3) is 0 Å². The fraction of sp³-hybridized carbons (Fsp3) is 0.385. The minimum atomic E-state index is -0.735. The van der Waals surface area contributed by atoms with Gasteiger partial charge in [0, 0.05) is 0 Å². The molecule has 1 atom stereocenters. The van der Waals surface area contributed by atoms with Gasteiger partial charge in [0.05, 0.1) is 0 Å². The Hall–Kier alpha value is -2.24. The molecular formula is C13H19N3O3.